The quantitative estimate of drug-likeness (QED) is 0.160. The molecule has 2 nitrogen and oxygen atoms in total. The normalized spacial score (nSPS) is 14.0. The van der Waals surface area contributed by atoms with Crippen LogP contribution in [0.4, 0.5) is 16.4 Å². The Balaban J connectivity index is 1.11. The van der Waals surface area contributed by atoms with E-state index in [0.29, 0.717) is 11.1 Å². The summed E-state index contributed by atoms with van der Waals surface area (Å²) in [6.07, 6.45) is 0. The first-order valence-electron chi connectivity index (χ1n) is 22.2. The van der Waals surface area contributed by atoms with Crippen molar-refractivity contribution in [1.29, 1.82) is 0 Å². The molecule has 53 heavy (non-hydrogen) atoms. The molecule has 0 amide bonds. The maximum atomic E-state index is 8.56. The van der Waals surface area contributed by atoms with Crippen LogP contribution in [0.1, 0.15) is 13.7 Å². The molecule has 0 saturated carbocycles. The van der Waals surface area contributed by atoms with Crippen molar-refractivity contribution < 1.29 is 13.7 Å². The van der Waals surface area contributed by atoms with Gasteiger partial charge in [0.05, 0.1) is 24.7 Å². The Morgan fingerprint density at radius 2 is 1.06 bits per heavy atom. The predicted octanol–water partition coefficient (Wildman–Crippen LogP) is 14.5. The average Bonchev–Trinajstić information content (AvgIpc) is 3.93. The fourth-order valence-electron chi connectivity index (χ4n) is 7.15. The first-order valence-corrected chi connectivity index (χ1v) is 18.0. The molecule has 10 rings (SSSR count). The van der Waals surface area contributed by atoms with E-state index >= 15 is 0 Å². The lowest BCUT2D eigenvalue weighted by Gasteiger charge is -2.24. The van der Waals surface area contributed by atoms with Crippen LogP contribution in [0.25, 0.3) is 71.0 Å². The van der Waals surface area contributed by atoms with E-state index in [1.807, 2.05) is 53.4 Å². The molecule has 0 spiro atoms. The summed E-state index contributed by atoms with van der Waals surface area (Å²) >= 11 is 1.58. The van der Waals surface area contributed by atoms with Crippen molar-refractivity contribution in [1.82, 2.24) is 4.57 Å². The maximum Gasteiger partial charge on any atom is 0.101 e. The highest BCUT2D eigenvalue weighted by Crippen LogP contribution is 2.44. The molecule has 2 aromatic heterocycles. The number of rotatable bonds is 7. The van der Waals surface area contributed by atoms with Crippen LogP contribution in [0.5, 0.6) is 0 Å². The number of hydrogen-bond donors (Lipinski definition) is 0. The molecular weight excluding hydrogens is 661 g/mol. The number of thiophene rings is 1. The van der Waals surface area contributed by atoms with Crippen LogP contribution in [0.2, 0.25) is 0 Å². The van der Waals surface area contributed by atoms with Crippen LogP contribution in [-0.2, 0) is 0 Å². The van der Waals surface area contributed by atoms with Gasteiger partial charge in [-0.2, -0.15) is 0 Å². The van der Waals surface area contributed by atoms with Gasteiger partial charge in [-0.05, 0) is 99.3 Å². The van der Waals surface area contributed by atoms with E-state index in [0.717, 1.165) is 48.9 Å². The molecule has 250 valence electrons. The lowest BCUT2D eigenvalue weighted by Crippen LogP contribution is -2.08. The lowest BCUT2D eigenvalue weighted by atomic mass is 10.0. The summed E-state index contributed by atoms with van der Waals surface area (Å²) in [4.78, 5) is 3.05. The molecule has 2 heterocycles. The number of benzene rings is 8. The van der Waals surface area contributed by atoms with Crippen LogP contribution in [0.15, 0.2) is 206 Å². The molecule has 8 aromatic carbocycles. The van der Waals surface area contributed by atoms with Gasteiger partial charge in [-0.3, -0.25) is 0 Å². The molecule has 3 heteroatoms. The second kappa shape index (κ2) is 13.1. The van der Waals surface area contributed by atoms with Crippen molar-refractivity contribution in [2.45, 2.75) is 0 Å². The molecule has 0 radical (unpaired) electrons. The van der Waals surface area contributed by atoms with Crippen LogP contribution < -0.4 is 4.90 Å². The molecule has 0 unspecified atom stereocenters. The van der Waals surface area contributed by atoms with Gasteiger partial charge >= 0.3 is 0 Å². The van der Waals surface area contributed by atoms with Crippen molar-refractivity contribution in [3.05, 3.63) is 206 Å². The highest BCUT2D eigenvalue weighted by molar-refractivity contribution is 7.19. The van der Waals surface area contributed by atoms with Crippen molar-refractivity contribution in [3.8, 4) is 38.4 Å². The highest BCUT2D eigenvalue weighted by Gasteiger charge is 2.19. The second-order valence-corrected chi connectivity index (χ2v) is 13.7. The first kappa shape index (κ1) is 22.3. The summed E-state index contributed by atoms with van der Waals surface area (Å²) in [5.41, 5.74) is 6.87. The van der Waals surface area contributed by atoms with Gasteiger partial charge in [0.25, 0.3) is 0 Å². The molecule has 10 aromatic rings. The number of hydrogen-bond acceptors (Lipinski definition) is 2. The number of fused-ring (bicyclic) bond motifs is 5. The van der Waals surface area contributed by atoms with Gasteiger partial charge in [-0.1, -0.05) is 145 Å². The van der Waals surface area contributed by atoms with E-state index in [1.54, 1.807) is 35.6 Å². The Bertz CT molecular complexity index is 3280. The van der Waals surface area contributed by atoms with Crippen LogP contribution in [0, 0.1) is 0 Å². The summed E-state index contributed by atoms with van der Waals surface area (Å²) in [7, 11) is 0. The Morgan fingerprint density at radius 1 is 0.453 bits per heavy atom. The Labute approximate surface area is 327 Å². The molecule has 0 aliphatic rings. The van der Waals surface area contributed by atoms with Crippen molar-refractivity contribution in [2.75, 3.05) is 4.90 Å². The number of aromatic nitrogens is 1. The Hall–Kier alpha value is -6.68. The molecule has 0 fully saturated rings. The highest BCUT2D eigenvalue weighted by atomic mass is 32.1. The van der Waals surface area contributed by atoms with E-state index in [2.05, 4.69) is 77.4 Å². The standard InChI is InChI=1S/C50H34N2S/c1-4-12-35(13-5-1)37-20-26-42(27-21-37)51(43-28-22-38(23-29-43)36-14-6-2-7-15-36)49-33-32-48(53-49)40-24-30-45-47(34-40)52(41-17-8-3-9-18-41)46-31-25-39-16-10-11-19-44(39)50(45)46/h1-34H/i1D,2D,4D,5D,6D,7D,12D,13D,14D,15D. The van der Waals surface area contributed by atoms with E-state index in [1.165, 1.54) is 16.2 Å². The SMILES string of the molecule is [2H]c1c([2H])c([2H])c(-c2ccc(N(c3ccc(-c4c([2H])c([2H])c([2H])c([2H])c4[2H])cc3)c3ccc(-c4ccc5c6c7ccccc7ccc6n(-c6ccccc6)c5c4)s3)cc2)c([2H])c1[2H]. The van der Waals surface area contributed by atoms with E-state index < -0.39 is 36.3 Å². The monoisotopic (exact) mass is 704 g/mol. The van der Waals surface area contributed by atoms with Gasteiger partial charge in [-0.25, -0.2) is 0 Å². The number of para-hydroxylation sites is 1. The fourth-order valence-corrected chi connectivity index (χ4v) is 8.19. The zero-order valence-corrected chi connectivity index (χ0v) is 29.0. The largest absolute Gasteiger partial charge is 0.309 e. The second-order valence-electron chi connectivity index (χ2n) is 12.7. The summed E-state index contributed by atoms with van der Waals surface area (Å²) in [5, 5.41) is 5.55. The molecule has 0 N–H and O–H groups in total. The molecular formula is C50H34N2S. The van der Waals surface area contributed by atoms with Crippen LogP contribution >= 0.6 is 11.3 Å². The van der Waals surface area contributed by atoms with Gasteiger partial charge in [0.1, 0.15) is 5.00 Å². The van der Waals surface area contributed by atoms with Crippen molar-refractivity contribution >= 4 is 60.3 Å². The van der Waals surface area contributed by atoms with Gasteiger partial charge in [0.2, 0.25) is 0 Å². The van der Waals surface area contributed by atoms with Gasteiger partial charge < -0.3 is 9.47 Å². The number of anilines is 3. The fraction of sp³-hybridized carbons (Fsp3) is 0. The van der Waals surface area contributed by atoms with Crippen LogP contribution in [-0.4, -0.2) is 4.57 Å². The lowest BCUT2D eigenvalue weighted by molar-refractivity contribution is 1.18. The minimum absolute atomic E-state index is 0.108. The van der Waals surface area contributed by atoms with Gasteiger partial charge in [-0.15, -0.1) is 11.3 Å². The molecule has 0 atom stereocenters. The molecule has 0 saturated heterocycles. The first-order chi connectivity index (χ1) is 30.4. The maximum absolute atomic E-state index is 8.56. The molecule has 0 bridgehead atoms. The zero-order valence-electron chi connectivity index (χ0n) is 38.2. The number of nitrogens with zero attached hydrogens (tertiary/aromatic N) is 2. The topological polar surface area (TPSA) is 8.17 Å². The van der Waals surface area contributed by atoms with Crippen molar-refractivity contribution in [2.24, 2.45) is 0 Å². The Morgan fingerprint density at radius 3 is 1.72 bits per heavy atom. The van der Waals surface area contributed by atoms with Gasteiger partial charge in [0, 0.05) is 32.7 Å². The van der Waals surface area contributed by atoms with Gasteiger partial charge in [0.15, 0.2) is 0 Å². The Kier molecular flexibility index (Phi) is 5.53. The third kappa shape index (κ3) is 5.59. The van der Waals surface area contributed by atoms with E-state index in [-0.39, 0.29) is 35.3 Å². The summed E-state index contributed by atoms with van der Waals surface area (Å²) < 4.78 is 85.6. The molecule has 0 aliphatic carbocycles. The third-order valence-corrected chi connectivity index (χ3v) is 10.7. The smallest absolute Gasteiger partial charge is 0.101 e. The minimum atomic E-state index is -0.453. The zero-order chi connectivity index (χ0) is 43.8. The predicted molar refractivity (Wildman–Crippen MR) is 227 cm³/mol. The minimum Gasteiger partial charge on any atom is -0.309 e. The van der Waals surface area contributed by atoms with Crippen LogP contribution in [0.3, 0.4) is 0 Å². The summed E-state index contributed by atoms with van der Waals surface area (Å²) in [5.74, 6) is 0. The van der Waals surface area contributed by atoms with E-state index in [4.69, 9.17) is 13.7 Å². The average molecular weight is 705 g/mol. The summed E-state index contributed by atoms with van der Waals surface area (Å²) in [6.45, 7) is 0. The van der Waals surface area contributed by atoms with Crippen molar-refractivity contribution in [3.63, 3.8) is 0 Å². The van der Waals surface area contributed by atoms with E-state index in [9.17, 15) is 0 Å². The molecule has 0 aliphatic heterocycles. The third-order valence-electron chi connectivity index (χ3n) is 9.60. The summed E-state index contributed by atoms with van der Waals surface area (Å²) in [6, 6.07) is 44.5.